The number of hydrogen-bond donors (Lipinski definition) is 3. The number of hydrazine groups is 1. The Hall–Kier alpha value is -2.28. The van der Waals surface area contributed by atoms with Gasteiger partial charge in [-0.2, -0.15) is 0 Å². The summed E-state index contributed by atoms with van der Waals surface area (Å²) in [6.45, 7) is 4.03. The Morgan fingerprint density at radius 3 is 2.71 bits per heavy atom. The number of H-pyrrole nitrogens is 1. The Kier molecular flexibility index (Phi) is 6.43. The van der Waals surface area contributed by atoms with Gasteiger partial charge < -0.3 is 9.72 Å². The van der Waals surface area contributed by atoms with Gasteiger partial charge in [-0.1, -0.05) is 32.0 Å². The maximum Gasteiger partial charge on any atom is 0.286 e. The molecular formula is C17H20BrN3O3. The van der Waals surface area contributed by atoms with Crippen molar-refractivity contribution in [2.45, 2.75) is 26.2 Å². The second kappa shape index (κ2) is 8.54. The molecule has 2 rings (SSSR count). The molecule has 0 radical (unpaired) electrons. The quantitative estimate of drug-likeness (QED) is 0.659. The summed E-state index contributed by atoms with van der Waals surface area (Å²) in [7, 11) is 0. The summed E-state index contributed by atoms with van der Waals surface area (Å²) in [6, 6.07) is 9.25. The van der Waals surface area contributed by atoms with E-state index in [-0.39, 0.29) is 6.61 Å². The minimum atomic E-state index is -0.437. The van der Waals surface area contributed by atoms with Crippen molar-refractivity contribution in [1.29, 1.82) is 0 Å². The molecule has 7 heteroatoms. The zero-order valence-corrected chi connectivity index (χ0v) is 15.1. The first-order valence-corrected chi connectivity index (χ1v) is 8.45. The average molecular weight is 394 g/mol. The minimum absolute atomic E-state index is 0.178. The molecule has 3 N–H and O–H groups in total. The summed E-state index contributed by atoms with van der Waals surface area (Å²) in [5.41, 5.74) is 6.05. The Bertz CT molecular complexity index is 715. The highest BCUT2D eigenvalue weighted by Crippen LogP contribution is 2.28. The SMILES string of the molecule is CCC(C)c1ccccc1OCC(=O)NNC(=O)c1cc(Br)c[nH]1. The number of hydrogen-bond acceptors (Lipinski definition) is 3. The first kappa shape index (κ1) is 18.1. The predicted molar refractivity (Wildman–Crippen MR) is 94.7 cm³/mol. The fourth-order valence-corrected chi connectivity index (χ4v) is 2.45. The molecule has 128 valence electrons. The van der Waals surface area contributed by atoms with Gasteiger partial charge in [-0.15, -0.1) is 0 Å². The molecular weight excluding hydrogens is 374 g/mol. The van der Waals surface area contributed by atoms with Crippen molar-refractivity contribution >= 4 is 27.7 Å². The van der Waals surface area contributed by atoms with Crippen molar-refractivity contribution < 1.29 is 14.3 Å². The van der Waals surface area contributed by atoms with E-state index in [9.17, 15) is 9.59 Å². The van der Waals surface area contributed by atoms with Gasteiger partial charge in [0.25, 0.3) is 11.8 Å². The van der Waals surface area contributed by atoms with Gasteiger partial charge >= 0.3 is 0 Å². The highest BCUT2D eigenvalue weighted by molar-refractivity contribution is 9.10. The number of aromatic amines is 1. The normalized spacial score (nSPS) is 11.6. The molecule has 0 saturated heterocycles. The van der Waals surface area contributed by atoms with E-state index >= 15 is 0 Å². The number of benzene rings is 1. The molecule has 2 amide bonds. The van der Waals surface area contributed by atoms with Crippen LogP contribution in [0.1, 0.15) is 42.2 Å². The van der Waals surface area contributed by atoms with Crippen molar-refractivity contribution in [3.05, 3.63) is 52.3 Å². The van der Waals surface area contributed by atoms with Crippen LogP contribution in [0.4, 0.5) is 0 Å². The molecule has 1 heterocycles. The third kappa shape index (κ3) is 4.86. The van der Waals surface area contributed by atoms with E-state index in [2.05, 4.69) is 45.6 Å². The third-order valence-electron chi connectivity index (χ3n) is 3.63. The second-order valence-electron chi connectivity index (χ2n) is 5.37. The number of nitrogens with one attached hydrogen (secondary N) is 3. The topological polar surface area (TPSA) is 83.2 Å². The summed E-state index contributed by atoms with van der Waals surface area (Å²) >= 11 is 3.24. The molecule has 24 heavy (non-hydrogen) atoms. The summed E-state index contributed by atoms with van der Waals surface area (Å²) in [6.07, 6.45) is 2.61. The van der Waals surface area contributed by atoms with Gasteiger partial charge in [0.15, 0.2) is 6.61 Å². The lowest BCUT2D eigenvalue weighted by Crippen LogP contribution is -2.44. The Labute approximate surface area is 149 Å². The first-order chi connectivity index (χ1) is 11.5. The fourth-order valence-electron chi connectivity index (χ4n) is 2.11. The molecule has 2 aromatic rings. The van der Waals surface area contributed by atoms with Crippen molar-refractivity contribution in [2.75, 3.05) is 6.61 Å². The summed E-state index contributed by atoms with van der Waals surface area (Å²) < 4.78 is 6.34. The van der Waals surface area contributed by atoms with Crippen LogP contribution in [-0.2, 0) is 4.79 Å². The third-order valence-corrected chi connectivity index (χ3v) is 4.09. The van der Waals surface area contributed by atoms with Crippen LogP contribution in [-0.4, -0.2) is 23.4 Å². The highest BCUT2D eigenvalue weighted by Gasteiger charge is 2.12. The van der Waals surface area contributed by atoms with Crippen molar-refractivity contribution in [2.24, 2.45) is 0 Å². The van der Waals surface area contributed by atoms with Gasteiger partial charge in [0.2, 0.25) is 0 Å². The van der Waals surface area contributed by atoms with Gasteiger partial charge in [-0.25, -0.2) is 0 Å². The summed E-state index contributed by atoms with van der Waals surface area (Å²) in [4.78, 5) is 26.4. The standard InChI is InChI=1S/C17H20BrN3O3/c1-3-11(2)13-6-4-5-7-15(13)24-10-16(22)20-21-17(23)14-8-12(18)9-19-14/h4-9,11,19H,3,10H2,1-2H3,(H,20,22)(H,21,23). The molecule has 0 spiro atoms. The smallest absolute Gasteiger partial charge is 0.286 e. The molecule has 1 aromatic carbocycles. The molecule has 0 aliphatic heterocycles. The molecule has 0 bridgehead atoms. The van der Waals surface area contributed by atoms with Crippen LogP contribution in [0.2, 0.25) is 0 Å². The number of para-hydroxylation sites is 1. The lowest BCUT2D eigenvalue weighted by molar-refractivity contribution is -0.123. The van der Waals surface area contributed by atoms with Crippen LogP contribution >= 0.6 is 15.9 Å². The molecule has 0 aliphatic rings. The lowest BCUT2D eigenvalue weighted by atomic mass is 9.98. The van der Waals surface area contributed by atoms with Crippen molar-refractivity contribution in [3.63, 3.8) is 0 Å². The molecule has 1 unspecified atom stereocenters. The van der Waals surface area contributed by atoms with Crippen LogP contribution in [0, 0.1) is 0 Å². The minimum Gasteiger partial charge on any atom is -0.483 e. The van der Waals surface area contributed by atoms with Gasteiger partial charge in [0.05, 0.1) is 0 Å². The van der Waals surface area contributed by atoms with Crippen LogP contribution in [0.5, 0.6) is 5.75 Å². The summed E-state index contributed by atoms with van der Waals surface area (Å²) in [5, 5.41) is 0. The zero-order chi connectivity index (χ0) is 17.5. The largest absolute Gasteiger partial charge is 0.483 e. The second-order valence-corrected chi connectivity index (χ2v) is 6.29. The highest BCUT2D eigenvalue weighted by atomic mass is 79.9. The predicted octanol–water partition coefficient (Wildman–Crippen LogP) is 3.13. The first-order valence-electron chi connectivity index (χ1n) is 7.66. The number of rotatable bonds is 6. The number of aromatic nitrogens is 1. The Morgan fingerprint density at radius 2 is 2.04 bits per heavy atom. The van der Waals surface area contributed by atoms with E-state index in [0.717, 1.165) is 16.5 Å². The maximum atomic E-state index is 11.8. The van der Waals surface area contributed by atoms with Crippen molar-refractivity contribution in [1.82, 2.24) is 15.8 Å². The molecule has 0 saturated carbocycles. The Morgan fingerprint density at radius 1 is 1.29 bits per heavy atom. The van der Waals surface area contributed by atoms with Gasteiger partial charge in [-0.3, -0.25) is 20.4 Å². The number of amides is 2. The number of ether oxygens (including phenoxy) is 1. The molecule has 6 nitrogen and oxygen atoms in total. The lowest BCUT2D eigenvalue weighted by Gasteiger charge is -2.15. The molecule has 1 aromatic heterocycles. The van der Waals surface area contributed by atoms with E-state index in [0.29, 0.717) is 17.4 Å². The average Bonchev–Trinajstić information content (AvgIpc) is 3.04. The number of carbonyl (C=O) groups is 2. The molecule has 0 aliphatic carbocycles. The van der Waals surface area contributed by atoms with Crippen molar-refractivity contribution in [3.8, 4) is 5.75 Å². The van der Waals surface area contributed by atoms with E-state index < -0.39 is 11.8 Å². The van der Waals surface area contributed by atoms with E-state index in [4.69, 9.17) is 4.74 Å². The van der Waals surface area contributed by atoms with E-state index in [1.807, 2.05) is 24.3 Å². The number of carbonyl (C=O) groups excluding carboxylic acids is 2. The molecule has 0 fully saturated rings. The maximum absolute atomic E-state index is 11.8. The Balaban J connectivity index is 1.84. The fraction of sp³-hybridized carbons (Fsp3) is 0.294. The zero-order valence-electron chi connectivity index (χ0n) is 13.6. The number of halogens is 1. The van der Waals surface area contributed by atoms with Gasteiger partial charge in [0.1, 0.15) is 11.4 Å². The van der Waals surface area contributed by atoms with Gasteiger partial charge in [0, 0.05) is 10.7 Å². The van der Waals surface area contributed by atoms with Crippen LogP contribution in [0.25, 0.3) is 0 Å². The van der Waals surface area contributed by atoms with E-state index in [1.54, 1.807) is 12.3 Å². The van der Waals surface area contributed by atoms with Crippen LogP contribution in [0.3, 0.4) is 0 Å². The van der Waals surface area contributed by atoms with Crippen LogP contribution in [0.15, 0.2) is 41.0 Å². The summed E-state index contributed by atoms with van der Waals surface area (Å²) in [5.74, 6) is 0.152. The monoisotopic (exact) mass is 393 g/mol. The van der Waals surface area contributed by atoms with Gasteiger partial charge in [-0.05, 0) is 46.0 Å². The van der Waals surface area contributed by atoms with Crippen LogP contribution < -0.4 is 15.6 Å². The molecule has 1 atom stereocenters. The van der Waals surface area contributed by atoms with E-state index in [1.165, 1.54) is 0 Å².